The van der Waals surface area contributed by atoms with Gasteiger partial charge in [-0.05, 0) is 23.8 Å². The van der Waals surface area contributed by atoms with Gasteiger partial charge in [0.2, 0.25) is 0 Å². The normalized spacial score (nSPS) is 13.1. The minimum atomic E-state index is -0.467. The summed E-state index contributed by atoms with van der Waals surface area (Å²) in [6.45, 7) is 9.65. The number of carbonyl (C=O) groups excluding carboxylic acids is 1. The molecule has 1 heterocycles. The molecule has 0 saturated carbocycles. The van der Waals surface area contributed by atoms with Crippen LogP contribution in [-0.4, -0.2) is 17.0 Å². The summed E-state index contributed by atoms with van der Waals surface area (Å²) in [7, 11) is 1.68. The van der Waals surface area contributed by atoms with Crippen molar-refractivity contribution < 1.29 is 9.53 Å². The van der Waals surface area contributed by atoms with E-state index in [2.05, 4.69) is 6.58 Å². The zero-order chi connectivity index (χ0) is 18.6. The molecule has 4 nitrogen and oxygen atoms in total. The van der Waals surface area contributed by atoms with Gasteiger partial charge in [0, 0.05) is 18.5 Å². The number of aromatic nitrogens is 1. The van der Waals surface area contributed by atoms with Crippen LogP contribution >= 0.6 is 11.3 Å². The minimum absolute atomic E-state index is 0.000352. The Kier molecular flexibility index (Phi) is 5.80. The van der Waals surface area contributed by atoms with E-state index in [1.807, 2.05) is 51.1 Å². The van der Waals surface area contributed by atoms with Crippen LogP contribution in [0.1, 0.15) is 26.3 Å². The van der Waals surface area contributed by atoms with Crippen LogP contribution < -0.4 is 19.5 Å². The van der Waals surface area contributed by atoms with E-state index in [9.17, 15) is 9.59 Å². The van der Waals surface area contributed by atoms with Crippen LogP contribution in [0.5, 0.6) is 5.75 Å². The van der Waals surface area contributed by atoms with Gasteiger partial charge < -0.3 is 9.30 Å². The molecule has 2 rings (SSSR count). The lowest BCUT2D eigenvalue weighted by molar-refractivity contribution is -0.120. The van der Waals surface area contributed by atoms with Gasteiger partial charge in [0.25, 0.3) is 5.56 Å². The second-order valence-corrected chi connectivity index (χ2v) is 7.80. The maximum Gasteiger partial charge on any atom is 0.268 e. The highest BCUT2D eigenvalue weighted by Gasteiger charge is 2.19. The maximum absolute atomic E-state index is 12.4. The predicted octanol–water partition coefficient (Wildman–Crippen LogP) is 2.24. The molecule has 0 amide bonds. The second kappa shape index (κ2) is 7.66. The van der Waals surface area contributed by atoms with E-state index in [0.29, 0.717) is 15.8 Å². The molecular formula is C20H23NO3S. The molecule has 0 N–H and O–H groups in total. The summed E-state index contributed by atoms with van der Waals surface area (Å²) >= 11 is 1.32. The van der Waals surface area contributed by atoms with Gasteiger partial charge in [-0.1, -0.05) is 45.6 Å². The van der Waals surface area contributed by atoms with Crippen molar-refractivity contribution in [2.45, 2.75) is 20.8 Å². The standard InChI is InChI=1S/C20H23NO3S/c1-6-11-24-15-9-7-14(8-10-15)12-16-19(23)21(5)18(25-16)13-17(22)20(2,3)4/h6-10,12-13H,1,11H2,2-5H3/b16-12+,18-13-. The highest BCUT2D eigenvalue weighted by Crippen LogP contribution is 2.15. The fourth-order valence-corrected chi connectivity index (χ4v) is 3.03. The molecule has 0 radical (unpaired) electrons. The maximum atomic E-state index is 12.4. The molecule has 0 fully saturated rings. The van der Waals surface area contributed by atoms with Crippen LogP contribution in [-0.2, 0) is 11.8 Å². The Labute approximate surface area is 151 Å². The quantitative estimate of drug-likeness (QED) is 0.771. The van der Waals surface area contributed by atoms with E-state index in [1.54, 1.807) is 19.2 Å². The second-order valence-electron chi connectivity index (χ2n) is 6.74. The van der Waals surface area contributed by atoms with E-state index in [1.165, 1.54) is 15.9 Å². The Bertz CT molecular complexity index is 941. The SMILES string of the molecule is C=CCOc1ccc(/C=c2/s/c(=C\C(=O)C(C)(C)C)n(C)c2=O)cc1. The van der Waals surface area contributed by atoms with Crippen LogP contribution in [0.4, 0.5) is 0 Å². The monoisotopic (exact) mass is 357 g/mol. The molecule has 0 unspecified atom stereocenters. The molecule has 25 heavy (non-hydrogen) atoms. The number of thiazole rings is 1. The summed E-state index contributed by atoms with van der Waals surface area (Å²) < 4.78 is 8.21. The fourth-order valence-electron chi connectivity index (χ4n) is 2.00. The number of rotatable bonds is 5. The third-order valence-corrected chi connectivity index (χ3v) is 4.71. The lowest BCUT2D eigenvalue weighted by Gasteiger charge is -2.12. The number of benzene rings is 1. The highest BCUT2D eigenvalue weighted by atomic mass is 32.1. The summed E-state index contributed by atoms with van der Waals surface area (Å²) in [6.07, 6.45) is 5.06. The molecule has 0 bridgehead atoms. The topological polar surface area (TPSA) is 48.3 Å². The number of carbonyl (C=O) groups is 1. The lowest BCUT2D eigenvalue weighted by atomic mass is 9.91. The van der Waals surface area contributed by atoms with Crippen molar-refractivity contribution in [1.29, 1.82) is 0 Å². The van der Waals surface area contributed by atoms with E-state index in [-0.39, 0.29) is 11.3 Å². The Morgan fingerprint density at radius 2 is 1.92 bits per heavy atom. The third-order valence-electron chi connectivity index (χ3n) is 3.60. The molecule has 0 saturated heterocycles. The average Bonchev–Trinajstić information content (AvgIpc) is 2.81. The third kappa shape index (κ3) is 4.79. The van der Waals surface area contributed by atoms with Gasteiger partial charge in [0.15, 0.2) is 5.78 Å². The van der Waals surface area contributed by atoms with Crippen LogP contribution in [0.15, 0.2) is 41.7 Å². The van der Waals surface area contributed by atoms with Gasteiger partial charge in [-0.3, -0.25) is 9.59 Å². The number of hydrogen-bond donors (Lipinski definition) is 0. The van der Waals surface area contributed by atoms with E-state index < -0.39 is 5.41 Å². The number of hydrogen-bond acceptors (Lipinski definition) is 4. The zero-order valence-electron chi connectivity index (χ0n) is 15.0. The Hall–Kier alpha value is -2.40. The molecule has 1 aromatic carbocycles. The fraction of sp³-hybridized carbons (Fsp3) is 0.300. The summed E-state index contributed by atoms with van der Waals surface area (Å²) in [4.78, 5) is 24.6. The number of Topliss-reactive ketones (excluding diaryl/α,β-unsaturated/α-hetero) is 1. The van der Waals surface area contributed by atoms with E-state index in [0.717, 1.165) is 11.3 Å². The minimum Gasteiger partial charge on any atom is -0.490 e. The first-order valence-corrected chi connectivity index (χ1v) is 8.81. The average molecular weight is 357 g/mol. The molecule has 1 aromatic heterocycles. The van der Waals surface area contributed by atoms with Crippen molar-refractivity contribution in [1.82, 2.24) is 4.57 Å². The first kappa shape index (κ1) is 18.9. The largest absolute Gasteiger partial charge is 0.490 e. The summed E-state index contributed by atoms with van der Waals surface area (Å²) in [5.41, 5.74) is 0.328. The van der Waals surface area contributed by atoms with Gasteiger partial charge in [-0.2, -0.15) is 0 Å². The first-order chi connectivity index (χ1) is 11.7. The van der Waals surface area contributed by atoms with Crippen LogP contribution in [0, 0.1) is 5.41 Å². The van der Waals surface area contributed by atoms with Crippen LogP contribution in [0.25, 0.3) is 12.2 Å². The number of ether oxygens (including phenoxy) is 1. The van der Waals surface area contributed by atoms with Crippen LogP contribution in [0.2, 0.25) is 0 Å². The number of nitrogens with zero attached hydrogens (tertiary/aromatic N) is 1. The van der Waals surface area contributed by atoms with Crippen molar-refractivity contribution in [3.63, 3.8) is 0 Å². The molecule has 0 spiro atoms. The van der Waals surface area contributed by atoms with Gasteiger partial charge >= 0.3 is 0 Å². The van der Waals surface area contributed by atoms with Gasteiger partial charge in [0.1, 0.15) is 17.0 Å². The van der Waals surface area contributed by atoms with Crippen molar-refractivity contribution >= 4 is 29.3 Å². The molecule has 0 aliphatic heterocycles. The van der Waals surface area contributed by atoms with Crippen molar-refractivity contribution in [3.8, 4) is 5.75 Å². The molecular weight excluding hydrogens is 334 g/mol. The molecule has 132 valence electrons. The molecule has 0 aliphatic carbocycles. The smallest absolute Gasteiger partial charge is 0.268 e. The van der Waals surface area contributed by atoms with Gasteiger partial charge in [0.05, 0.1) is 4.53 Å². The van der Waals surface area contributed by atoms with E-state index in [4.69, 9.17) is 4.74 Å². The highest BCUT2D eigenvalue weighted by molar-refractivity contribution is 7.07. The summed E-state index contributed by atoms with van der Waals surface area (Å²) in [5.74, 6) is 0.751. The Balaban J connectivity index is 2.40. The van der Waals surface area contributed by atoms with Crippen molar-refractivity contribution in [2.75, 3.05) is 6.61 Å². The predicted molar refractivity (Wildman–Crippen MR) is 103 cm³/mol. The van der Waals surface area contributed by atoms with Crippen LogP contribution in [0.3, 0.4) is 0 Å². The van der Waals surface area contributed by atoms with Gasteiger partial charge in [-0.15, -0.1) is 11.3 Å². The molecule has 0 aliphatic rings. The summed E-state index contributed by atoms with van der Waals surface area (Å²) in [6, 6.07) is 7.48. The van der Waals surface area contributed by atoms with Crippen molar-refractivity contribution in [2.24, 2.45) is 12.5 Å². The molecule has 0 atom stereocenters. The van der Waals surface area contributed by atoms with Crippen molar-refractivity contribution in [3.05, 3.63) is 62.0 Å². The number of ketones is 1. The Morgan fingerprint density at radius 1 is 1.28 bits per heavy atom. The van der Waals surface area contributed by atoms with Gasteiger partial charge in [-0.25, -0.2) is 0 Å². The first-order valence-electron chi connectivity index (χ1n) is 8.00. The Morgan fingerprint density at radius 3 is 2.48 bits per heavy atom. The summed E-state index contributed by atoms with van der Waals surface area (Å²) in [5, 5.41) is 0. The molecule has 2 aromatic rings. The molecule has 5 heteroatoms. The zero-order valence-corrected chi connectivity index (χ0v) is 15.9. The van der Waals surface area contributed by atoms with E-state index >= 15 is 0 Å². The lowest BCUT2D eigenvalue weighted by Crippen LogP contribution is -2.30.